The highest BCUT2D eigenvalue weighted by molar-refractivity contribution is 5.39. The summed E-state index contributed by atoms with van der Waals surface area (Å²) in [5.41, 5.74) is -0.996. The smallest absolute Gasteiger partial charge is 0.204 e. The molecule has 0 N–H and O–H groups in total. The van der Waals surface area contributed by atoms with Crippen molar-refractivity contribution in [2.24, 2.45) is 17.8 Å². The number of alkyl halides is 2. The van der Waals surface area contributed by atoms with Crippen LogP contribution in [-0.2, 0) is 12.3 Å². The largest absolute Gasteiger partial charge is 0.279 e. The molecule has 1 saturated carbocycles. The van der Waals surface area contributed by atoms with E-state index >= 15 is 0 Å². The molecule has 1 unspecified atom stereocenters. The summed E-state index contributed by atoms with van der Waals surface area (Å²) < 4.78 is 69.9. The summed E-state index contributed by atoms with van der Waals surface area (Å²) in [6, 6.07) is 0.740. The van der Waals surface area contributed by atoms with Gasteiger partial charge in [0.25, 0.3) is 5.92 Å². The highest BCUT2D eigenvalue weighted by Gasteiger charge is 2.54. The van der Waals surface area contributed by atoms with Crippen molar-refractivity contribution in [2.75, 3.05) is 0 Å². The summed E-state index contributed by atoms with van der Waals surface area (Å²) in [5, 5.41) is 0. The quantitative estimate of drug-likeness (QED) is 0.472. The average Bonchev–Trinajstić information content (AvgIpc) is 2.77. The lowest BCUT2D eigenvalue weighted by atomic mass is 9.73. The zero-order chi connectivity index (χ0) is 16.8. The van der Waals surface area contributed by atoms with Crippen molar-refractivity contribution in [3.8, 4) is 0 Å². The van der Waals surface area contributed by atoms with E-state index in [0.29, 0.717) is 18.8 Å². The highest BCUT2D eigenvalue weighted by Crippen LogP contribution is 2.53. The molecule has 0 aliphatic heterocycles. The lowest BCUT2D eigenvalue weighted by Gasteiger charge is -2.34. The molecule has 1 aromatic rings. The second-order valence-corrected chi connectivity index (χ2v) is 7.02. The fourth-order valence-electron chi connectivity index (χ4n) is 4.47. The Morgan fingerprint density at radius 2 is 1.70 bits per heavy atom. The second-order valence-electron chi connectivity index (χ2n) is 7.02. The molecule has 0 aromatic heterocycles. The number of benzene rings is 1. The average molecular weight is 332 g/mol. The van der Waals surface area contributed by atoms with Gasteiger partial charge in [0, 0.05) is 5.92 Å². The maximum atomic E-state index is 14.7. The Morgan fingerprint density at radius 3 is 2.30 bits per heavy atom. The highest BCUT2D eigenvalue weighted by atomic mass is 19.3. The molecule has 0 spiro atoms. The minimum atomic E-state index is -3.42. The van der Waals surface area contributed by atoms with Gasteiger partial charge in [0.2, 0.25) is 0 Å². The fourth-order valence-corrected chi connectivity index (χ4v) is 4.47. The summed E-state index contributed by atoms with van der Waals surface area (Å²) in [6.45, 7) is 2.11. The van der Waals surface area contributed by atoms with Crippen LogP contribution >= 0.6 is 0 Å². The van der Waals surface area contributed by atoms with Crippen molar-refractivity contribution >= 4 is 0 Å². The summed E-state index contributed by atoms with van der Waals surface area (Å²) in [6.07, 6.45) is 5.32. The SMILES string of the molecule is CCC[C@H]1CC[C@H](C2Cc3cc(F)c(F)c(F)c3C2(F)F)CC1. The molecular weight excluding hydrogens is 311 g/mol. The van der Waals surface area contributed by atoms with E-state index in [9.17, 15) is 22.0 Å². The molecule has 1 atom stereocenters. The number of hydrogen-bond donors (Lipinski definition) is 0. The lowest BCUT2D eigenvalue weighted by Crippen LogP contribution is -2.31. The van der Waals surface area contributed by atoms with Crippen molar-refractivity contribution in [1.82, 2.24) is 0 Å². The van der Waals surface area contributed by atoms with Crippen LogP contribution in [0.1, 0.15) is 56.6 Å². The first-order valence-corrected chi connectivity index (χ1v) is 8.40. The molecule has 0 amide bonds. The maximum Gasteiger partial charge on any atom is 0.279 e. The number of fused-ring (bicyclic) bond motifs is 1. The predicted octanol–water partition coefficient (Wildman–Crippen LogP) is 5.97. The Balaban J connectivity index is 1.83. The van der Waals surface area contributed by atoms with Crippen LogP contribution in [0.25, 0.3) is 0 Å². The molecule has 0 saturated heterocycles. The van der Waals surface area contributed by atoms with Crippen LogP contribution in [0.4, 0.5) is 22.0 Å². The molecule has 0 nitrogen and oxygen atoms in total. The minimum Gasteiger partial charge on any atom is -0.204 e. The third kappa shape index (κ3) is 2.76. The lowest BCUT2D eigenvalue weighted by molar-refractivity contribution is -0.0843. The van der Waals surface area contributed by atoms with Crippen LogP contribution in [0.2, 0.25) is 0 Å². The Hall–Kier alpha value is -1.13. The molecule has 0 bridgehead atoms. The molecule has 1 aromatic carbocycles. The molecule has 1 fully saturated rings. The van der Waals surface area contributed by atoms with Gasteiger partial charge >= 0.3 is 0 Å². The summed E-state index contributed by atoms with van der Waals surface area (Å²) in [5.74, 6) is -8.99. The van der Waals surface area contributed by atoms with Crippen molar-refractivity contribution in [1.29, 1.82) is 0 Å². The van der Waals surface area contributed by atoms with E-state index < -0.39 is 34.9 Å². The van der Waals surface area contributed by atoms with Gasteiger partial charge < -0.3 is 0 Å². The maximum absolute atomic E-state index is 14.7. The van der Waals surface area contributed by atoms with Crippen LogP contribution in [0.15, 0.2) is 6.07 Å². The van der Waals surface area contributed by atoms with Gasteiger partial charge in [-0.3, -0.25) is 0 Å². The minimum absolute atomic E-state index is 0.0699. The Kier molecular flexibility index (Phi) is 4.41. The zero-order valence-electron chi connectivity index (χ0n) is 13.1. The third-order valence-electron chi connectivity index (χ3n) is 5.64. The zero-order valence-corrected chi connectivity index (χ0v) is 13.1. The summed E-state index contributed by atoms with van der Waals surface area (Å²) >= 11 is 0. The third-order valence-corrected chi connectivity index (χ3v) is 5.64. The molecule has 0 radical (unpaired) electrons. The first-order valence-electron chi connectivity index (χ1n) is 8.40. The van der Waals surface area contributed by atoms with E-state index in [1.807, 2.05) is 0 Å². The van der Waals surface area contributed by atoms with Crippen LogP contribution < -0.4 is 0 Å². The van der Waals surface area contributed by atoms with Crippen molar-refractivity contribution in [3.05, 3.63) is 34.6 Å². The first-order chi connectivity index (χ1) is 10.9. The molecular formula is C18H21F5. The topological polar surface area (TPSA) is 0 Å². The number of halogens is 5. The van der Waals surface area contributed by atoms with Gasteiger partial charge in [0.05, 0.1) is 5.56 Å². The van der Waals surface area contributed by atoms with Crippen LogP contribution in [-0.4, -0.2) is 0 Å². The second kappa shape index (κ2) is 6.06. The predicted molar refractivity (Wildman–Crippen MR) is 77.8 cm³/mol. The number of hydrogen-bond acceptors (Lipinski definition) is 0. The summed E-state index contributed by atoms with van der Waals surface area (Å²) in [7, 11) is 0. The van der Waals surface area contributed by atoms with E-state index in [0.717, 1.165) is 31.7 Å². The fraction of sp³-hybridized carbons (Fsp3) is 0.667. The monoisotopic (exact) mass is 332 g/mol. The molecule has 128 valence electrons. The molecule has 2 aliphatic rings. The van der Waals surface area contributed by atoms with E-state index in [1.54, 1.807) is 0 Å². The summed E-state index contributed by atoms with van der Waals surface area (Å²) in [4.78, 5) is 0. The normalized spacial score (nSPS) is 29.6. The standard InChI is InChI=1S/C18H21F5/c1-2-3-10-4-6-11(7-5-10)13-8-12-9-14(19)16(20)17(21)15(12)18(13,22)23/h9-11,13H,2-8H2,1H3/t10-,11-,13?. The number of rotatable bonds is 3. The van der Waals surface area contributed by atoms with Crippen molar-refractivity contribution in [2.45, 2.75) is 57.8 Å². The Morgan fingerprint density at radius 1 is 1.04 bits per heavy atom. The van der Waals surface area contributed by atoms with E-state index in [2.05, 4.69) is 6.92 Å². The molecule has 5 heteroatoms. The van der Waals surface area contributed by atoms with E-state index in [1.165, 1.54) is 0 Å². The van der Waals surface area contributed by atoms with Gasteiger partial charge in [-0.2, -0.15) is 0 Å². The van der Waals surface area contributed by atoms with Gasteiger partial charge in [0.1, 0.15) is 0 Å². The van der Waals surface area contributed by atoms with Gasteiger partial charge in [-0.05, 0) is 42.7 Å². The van der Waals surface area contributed by atoms with Gasteiger partial charge in [0.15, 0.2) is 17.5 Å². The van der Waals surface area contributed by atoms with Gasteiger partial charge in [-0.25, -0.2) is 22.0 Å². The first kappa shape index (κ1) is 16.7. The molecule has 2 aliphatic carbocycles. The Bertz CT molecular complexity index is 588. The molecule has 3 rings (SSSR count). The van der Waals surface area contributed by atoms with E-state index in [4.69, 9.17) is 0 Å². The van der Waals surface area contributed by atoms with Crippen LogP contribution in [0.3, 0.4) is 0 Å². The van der Waals surface area contributed by atoms with Crippen molar-refractivity contribution < 1.29 is 22.0 Å². The Labute approximate surface area is 133 Å². The molecule has 23 heavy (non-hydrogen) atoms. The van der Waals surface area contributed by atoms with Crippen LogP contribution in [0, 0.1) is 35.2 Å². The van der Waals surface area contributed by atoms with Gasteiger partial charge in [-0.1, -0.05) is 32.6 Å². The van der Waals surface area contributed by atoms with Gasteiger partial charge in [-0.15, -0.1) is 0 Å². The van der Waals surface area contributed by atoms with Crippen molar-refractivity contribution in [3.63, 3.8) is 0 Å². The molecule has 0 heterocycles. The van der Waals surface area contributed by atoms with E-state index in [-0.39, 0.29) is 17.9 Å². The van der Waals surface area contributed by atoms with Crippen LogP contribution in [0.5, 0.6) is 0 Å².